The van der Waals surface area contributed by atoms with Crippen LogP contribution in [0.2, 0.25) is 0 Å². The molecule has 0 spiro atoms. The van der Waals surface area contributed by atoms with E-state index < -0.39 is 0 Å². The molecule has 1 rings (SSSR count). The molecule has 1 atom stereocenters. The van der Waals surface area contributed by atoms with Gasteiger partial charge in [0.2, 0.25) is 0 Å². The van der Waals surface area contributed by atoms with Crippen LogP contribution in [0.5, 0.6) is 0 Å². The van der Waals surface area contributed by atoms with Crippen molar-refractivity contribution >= 4 is 22.1 Å². The molecule has 2 heteroatoms. The molecule has 0 N–H and O–H groups in total. The largest absolute Gasteiger partial charge is 0.290 e. The van der Waals surface area contributed by atoms with Crippen molar-refractivity contribution in [3.63, 3.8) is 0 Å². The van der Waals surface area contributed by atoms with Crippen molar-refractivity contribution in [2.45, 2.75) is 11.2 Å². The summed E-state index contributed by atoms with van der Waals surface area (Å²) in [5.74, 6) is 5.88. The Balaban J connectivity index is 2.77. The normalized spacial score (nSPS) is 29.4. The molecule has 0 aliphatic carbocycles. The average molecular weight is 198 g/mol. The molecule has 0 aromatic carbocycles. The lowest BCUT2D eigenvalue weighted by Gasteiger charge is -2.15. The minimum Gasteiger partial charge on any atom is -0.290 e. The smallest absolute Gasteiger partial charge is 0.124 e. The lowest BCUT2D eigenvalue weighted by Crippen LogP contribution is -2.21. The van der Waals surface area contributed by atoms with E-state index in [0.29, 0.717) is 6.54 Å². The summed E-state index contributed by atoms with van der Waals surface area (Å²) in [5.41, 5.74) is 0. The van der Waals surface area contributed by atoms with Crippen LogP contribution in [0.25, 0.3) is 0 Å². The number of hydrogen-bond donors (Lipinski definition) is 0. The fourth-order valence-electron chi connectivity index (χ4n) is 0.784. The molecule has 0 radical (unpaired) electrons. The summed E-state index contributed by atoms with van der Waals surface area (Å²) in [6, 6.07) is 0. The monoisotopic (exact) mass is 197 g/mol. The summed E-state index contributed by atoms with van der Waals surface area (Å²) in [5, 5.41) is 0. The van der Waals surface area contributed by atoms with Gasteiger partial charge in [0.1, 0.15) is 4.32 Å². The van der Waals surface area contributed by atoms with E-state index in [4.69, 9.17) is 0 Å². The van der Waals surface area contributed by atoms with E-state index in [2.05, 4.69) is 32.8 Å². The van der Waals surface area contributed by atoms with Crippen LogP contribution in [0.3, 0.4) is 0 Å². The number of alkyl halides is 1. The first-order chi connectivity index (χ1) is 4.77. The molecule has 52 valence electrons. The fraction of sp³-hybridized carbons (Fsp3) is 0.375. The molecule has 1 aliphatic heterocycles. The molecule has 0 bridgehead atoms. The van der Waals surface area contributed by atoms with E-state index in [1.54, 1.807) is 6.21 Å². The van der Waals surface area contributed by atoms with Gasteiger partial charge in [0, 0.05) is 6.21 Å². The van der Waals surface area contributed by atoms with E-state index in [0.717, 1.165) is 0 Å². The second kappa shape index (κ2) is 3.03. The van der Waals surface area contributed by atoms with Gasteiger partial charge in [-0.05, 0) is 13.0 Å². The Morgan fingerprint density at radius 1 is 1.70 bits per heavy atom. The van der Waals surface area contributed by atoms with Gasteiger partial charge in [-0.3, -0.25) is 4.99 Å². The predicted molar refractivity (Wildman–Crippen MR) is 47.6 cm³/mol. The third-order valence-electron chi connectivity index (χ3n) is 1.21. The van der Waals surface area contributed by atoms with Gasteiger partial charge in [0.25, 0.3) is 0 Å². The van der Waals surface area contributed by atoms with Gasteiger partial charge >= 0.3 is 0 Å². The van der Waals surface area contributed by atoms with Crippen molar-refractivity contribution in [1.82, 2.24) is 0 Å². The molecule has 1 aliphatic rings. The second-order valence-corrected chi connectivity index (χ2v) is 3.50. The summed E-state index contributed by atoms with van der Waals surface area (Å²) in [6.45, 7) is 2.54. The number of rotatable bonds is 0. The number of aliphatic imine (C=N–C) groups is 1. The van der Waals surface area contributed by atoms with Crippen LogP contribution in [0.4, 0.5) is 0 Å². The van der Waals surface area contributed by atoms with E-state index >= 15 is 0 Å². The first-order valence-corrected chi connectivity index (χ1v) is 3.87. The van der Waals surface area contributed by atoms with E-state index in [1.165, 1.54) is 0 Å². The Morgan fingerprint density at radius 2 is 2.50 bits per heavy atom. The van der Waals surface area contributed by atoms with E-state index in [9.17, 15) is 0 Å². The zero-order valence-electron chi connectivity index (χ0n) is 5.76. The minimum absolute atomic E-state index is 0.198. The zero-order valence-corrected chi connectivity index (χ0v) is 7.35. The van der Waals surface area contributed by atoms with Crippen LogP contribution >= 0.6 is 15.9 Å². The molecule has 0 fully saturated rings. The van der Waals surface area contributed by atoms with Gasteiger partial charge in [-0.2, -0.15) is 0 Å². The molecule has 1 heterocycles. The van der Waals surface area contributed by atoms with Crippen LogP contribution in [-0.2, 0) is 0 Å². The minimum atomic E-state index is -0.198. The SMILES string of the molecule is CC#CC1(Br)C=CC=NC1. The van der Waals surface area contributed by atoms with Gasteiger partial charge in [-0.25, -0.2) is 0 Å². The molecule has 0 aromatic heterocycles. The first-order valence-electron chi connectivity index (χ1n) is 3.07. The average Bonchev–Trinajstić information content (AvgIpc) is 1.89. The molecule has 0 saturated heterocycles. The zero-order chi connectivity index (χ0) is 7.45. The van der Waals surface area contributed by atoms with Crippen LogP contribution in [0.15, 0.2) is 17.1 Å². The maximum atomic E-state index is 4.09. The highest BCUT2D eigenvalue weighted by Gasteiger charge is 2.20. The van der Waals surface area contributed by atoms with Crippen molar-refractivity contribution in [3.8, 4) is 11.8 Å². The lowest BCUT2D eigenvalue weighted by atomic mass is 10.1. The van der Waals surface area contributed by atoms with Gasteiger partial charge in [-0.1, -0.05) is 27.9 Å². The Labute approximate surface area is 69.4 Å². The van der Waals surface area contributed by atoms with Crippen LogP contribution in [0, 0.1) is 11.8 Å². The van der Waals surface area contributed by atoms with Crippen molar-refractivity contribution in [3.05, 3.63) is 12.2 Å². The second-order valence-electron chi connectivity index (χ2n) is 2.09. The highest BCUT2D eigenvalue weighted by Crippen LogP contribution is 2.20. The maximum Gasteiger partial charge on any atom is 0.124 e. The highest BCUT2D eigenvalue weighted by atomic mass is 79.9. The molecule has 1 unspecified atom stereocenters. The van der Waals surface area contributed by atoms with Gasteiger partial charge < -0.3 is 0 Å². The summed E-state index contributed by atoms with van der Waals surface area (Å²) < 4.78 is -0.198. The lowest BCUT2D eigenvalue weighted by molar-refractivity contribution is 0.912. The Kier molecular flexibility index (Phi) is 2.29. The summed E-state index contributed by atoms with van der Waals surface area (Å²) in [7, 11) is 0. The molecular formula is C8H8BrN. The van der Waals surface area contributed by atoms with Crippen molar-refractivity contribution in [2.24, 2.45) is 4.99 Å². The predicted octanol–water partition coefficient (Wildman–Crippen LogP) is 1.78. The Hall–Kier alpha value is -0.550. The molecule has 10 heavy (non-hydrogen) atoms. The summed E-state index contributed by atoms with van der Waals surface area (Å²) >= 11 is 3.48. The van der Waals surface area contributed by atoms with Gasteiger partial charge in [-0.15, -0.1) is 5.92 Å². The van der Waals surface area contributed by atoms with Crippen LogP contribution in [-0.4, -0.2) is 17.1 Å². The van der Waals surface area contributed by atoms with Crippen molar-refractivity contribution in [2.75, 3.05) is 6.54 Å². The Morgan fingerprint density at radius 3 is 3.00 bits per heavy atom. The molecule has 0 amide bonds. The molecule has 0 aromatic rings. The highest BCUT2D eigenvalue weighted by molar-refractivity contribution is 9.10. The standard InChI is InChI=1S/C8H8BrN/c1-2-4-8(9)5-3-6-10-7-8/h3,5-6H,7H2,1H3. The number of hydrogen-bond acceptors (Lipinski definition) is 1. The maximum absolute atomic E-state index is 4.09. The Bertz CT molecular complexity index is 231. The number of nitrogens with zero attached hydrogens (tertiary/aromatic N) is 1. The third kappa shape index (κ3) is 1.71. The van der Waals surface area contributed by atoms with Gasteiger partial charge in [0.15, 0.2) is 0 Å². The topological polar surface area (TPSA) is 12.4 Å². The van der Waals surface area contributed by atoms with E-state index in [1.807, 2.05) is 19.1 Å². The van der Waals surface area contributed by atoms with E-state index in [-0.39, 0.29) is 4.32 Å². The number of allylic oxidation sites excluding steroid dienone is 1. The summed E-state index contributed by atoms with van der Waals surface area (Å²) in [4.78, 5) is 4.09. The third-order valence-corrected chi connectivity index (χ3v) is 1.92. The first kappa shape index (κ1) is 7.56. The number of dihydropyridines is 1. The fourth-order valence-corrected chi connectivity index (χ4v) is 1.28. The molecule has 1 nitrogen and oxygen atoms in total. The molecule has 0 saturated carbocycles. The van der Waals surface area contributed by atoms with Crippen LogP contribution < -0.4 is 0 Å². The van der Waals surface area contributed by atoms with Crippen molar-refractivity contribution < 1.29 is 0 Å². The molecular weight excluding hydrogens is 190 g/mol. The van der Waals surface area contributed by atoms with Crippen LogP contribution in [0.1, 0.15) is 6.92 Å². The quantitative estimate of drug-likeness (QED) is 0.415. The summed E-state index contributed by atoms with van der Waals surface area (Å²) in [6.07, 6.45) is 5.70. The van der Waals surface area contributed by atoms with Gasteiger partial charge in [0.05, 0.1) is 6.54 Å². The number of halogens is 1. The van der Waals surface area contributed by atoms with Crippen molar-refractivity contribution in [1.29, 1.82) is 0 Å².